The van der Waals surface area contributed by atoms with E-state index in [0.29, 0.717) is 15.8 Å². The third-order valence-corrected chi connectivity index (χ3v) is 5.55. The second-order valence-electron chi connectivity index (χ2n) is 4.29. The lowest BCUT2D eigenvalue weighted by Crippen LogP contribution is -2.32. The molecule has 0 N–H and O–H groups in total. The fourth-order valence-corrected chi connectivity index (χ4v) is 4.95. The molecule has 0 amide bonds. The van der Waals surface area contributed by atoms with Crippen LogP contribution in [-0.4, -0.2) is 16.0 Å². The van der Waals surface area contributed by atoms with E-state index < -0.39 is 0 Å². The van der Waals surface area contributed by atoms with Gasteiger partial charge in [0.2, 0.25) is 0 Å². The molecule has 3 aliphatic rings. The van der Waals surface area contributed by atoms with Gasteiger partial charge >= 0.3 is 5.97 Å². The van der Waals surface area contributed by atoms with E-state index in [1.807, 2.05) is 0 Å². The van der Waals surface area contributed by atoms with Gasteiger partial charge in [-0.25, -0.2) is 0 Å². The second-order valence-corrected chi connectivity index (χ2v) is 5.73. The molecule has 0 aromatic heterocycles. The molecule has 2 bridgehead atoms. The van der Waals surface area contributed by atoms with Crippen LogP contribution in [0, 0.1) is 23.7 Å². The number of ether oxygens (including phenoxy) is 1. The smallest absolute Gasteiger partial charge is 0.309 e. The number of halogens is 1. The maximum absolute atomic E-state index is 11.4. The highest BCUT2D eigenvalue weighted by Crippen LogP contribution is 2.59. The Bertz CT molecular complexity index is 253. The number of carbonyl (C=O) groups is 1. The molecular formula is C9H11IO2. The molecular weight excluding hydrogens is 267 g/mol. The minimum atomic E-state index is 0.0826. The van der Waals surface area contributed by atoms with Crippen LogP contribution >= 0.6 is 22.6 Å². The van der Waals surface area contributed by atoms with E-state index in [1.54, 1.807) is 0 Å². The maximum atomic E-state index is 11.4. The summed E-state index contributed by atoms with van der Waals surface area (Å²) in [6.07, 6.45) is 1.50. The molecule has 0 spiro atoms. The second kappa shape index (κ2) is 2.16. The first kappa shape index (κ1) is 7.59. The largest absolute Gasteiger partial charge is 0.461 e. The molecule has 2 aliphatic carbocycles. The SMILES string of the molecule is C[C@H]1C2CC3[C@H]1C(=O)O[C@@H]3[C@H]2I. The molecule has 2 nitrogen and oxygen atoms in total. The third-order valence-electron chi connectivity index (χ3n) is 3.92. The van der Waals surface area contributed by atoms with E-state index in [1.165, 1.54) is 6.42 Å². The molecule has 3 fully saturated rings. The molecule has 3 rings (SSSR count). The van der Waals surface area contributed by atoms with E-state index in [9.17, 15) is 4.79 Å². The molecule has 1 aliphatic heterocycles. The maximum Gasteiger partial charge on any atom is 0.309 e. The fraction of sp³-hybridized carbons (Fsp3) is 0.889. The standard InChI is InChI=1S/C9H11IO2/c1-3-4-2-5-6(3)9(11)12-8(5)7(4)10/h3-8H,2H2,1H3/t3-,4?,5?,6-,7-,8-/m0/s1. The summed E-state index contributed by atoms with van der Waals surface area (Å²) in [7, 11) is 0. The van der Waals surface area contributed by atoms with Gasteiger partial charge in [0.05, 0.1) is 9.84 Å². The number of fused-ring (bicyclic) bond motifs is 1. The quantitative estimate of drug-likeness (QED) is 0.382. The van der Waals surface area contributed by atoms with E-state index in [-0.39, 0.29) is 18.0 Å². The Morgan fingerprint density at radius 2 is 2.25 bits per heavy atom. The number of rotatable bonds is 0. The number of alkyl halides is 1. The Labute approximate surface area is 85.2 Å². The first-order chi connectivity index (χ1) is 5.70. The van der Waals surface area contributed by atoms with Crippen molar-refractivity contribution in [2.75, 3.05) is 0 Å². The van der Waals surface area contributed by atoms with Gasteiger partial charge in [-0.05, 0) is 18.3 Å². The van der Waals surface area contributed by atoms with Crippen LogP contribution in [0.3, 0.4) is 0 Å². The van der Waals surface area contributed by atoms with Gasteiger partial charge < -0.3 is 4.74 Å². The summed E-state index contributed by atoms with van der Waals surface area (Å²) < 4.78 is 5.96. The summed E-state index contributed by atoms with van der Waals surface area (Å²) in [4.78, 5) is 11.4. The highest BCUT2D eigenvalue weighted by molar-refractivity contribution is 14.1. The van der Waals surface area contributed by atoms with Gasteiger partial charge in [-0.2, -0.15) is 0 Å². The molecule has 1 heterocycles. The van der Waals surface area contributed by atoms with Crippen molar-refractivity contribution in [2.24, 2.45) is 23.7 Å². The number of carbonyl (C=O) groups excluding carboxylic acids is 1. The van der Waals surface area contributed by atoms with Crippen molar-refractivity contribution in [1.29, 1.82) is 0 Å². The average Bonchev–Trinajstić information content (AvgIpc) is 2.56. The van der Waals surface area contributed by atoms with Gasteiger partial charge in [0.1, 0.15) is 6.10 Å². The van der Waals surface area contributed by atoms with Crippen LogP contribution in [-0.2, 0) is 9.53 Å². The summed E-state index contributed by atoms with van der Waals surface area (Å²) in [6, 6.07) is 0. The lowest BCUT2D eigenvalue weighted by Gasteiger charge is -2.25. The van der Waals surface area contributed by atoms with Gasteiger partial charge in [0, 0.05) is 5.92 Å². The predicted molar refractivity (Wildman–Crippen MR) is 51.9 cm³/mol. The summed E-state index contributed by atoms with van der Waals surface area (Å²) in [5.41, 5.74) is 0. The lowest BCUT2D eigenvalue weighted by atomic mass is 9.81. The van der Waals surface area contributed by atoms with Crippen molar-refractivity contribution < 1.29 is 9.53 Å². The minimum absolute atomic E-state index is 0.0826. The van der Waals surface area contributed by atoms with Crippen molar-refractivity contribution in [3.63, 3.8) is 0 Å². The Kier molecular flexibility index (Phi) is 1.37. The van der Waals surface area contributed by atoms with Crippen molar-refractivity contribution in [3.8, 4) is 0 Å². The van der Waals surface area contributed by atoms with Crippen LogP contribution in [0.4, 0.5) is 0 Å². The molecule has 0 radical (unpaired) electrons. The zero-order chi connectivity index (χ0) is 8.46. The molecule has 1 saturated heterocycles. The predicted octanol–water partition coefficient (Wildman–Crippen LogP) is 1.62. The zero-order valence-electron chi connectivity index (χ0n) is 6.87. The number of esters is 1. The third kappa shape index (κ3) is 0.659. The highest BCUT2D eigenvalue weighted by Gasteiger charge is 2.64. The molecule has 2 unspecified atom stereocenters. The lowest BCUT2D eigenvalue weighted by molar-refractivity contribution is -0.143. The van der Waals surface area contributed by atoms with Crippen molar-refractivity contribution >= 4 is 28.6 Å². The zero-order valence-corrected chi connectivity index (χ0v) is 9.02. The Hall–Kier alpha value is 0.200. The van der Waals surface area contributed by atoms with Crippen LogP contribution in [0.25, 0.3) is 0 Å². The normalized spacial score (nSPS) is 61.0. The highest BCUT2D eigenvalue weighted by atomic mass is 127. The van der Waals surface area contributed by atoms with Gasteiger partial charge in [0.25, 0.3) is 0 Å². The molecule has 0 aromatic carbocycles. The molecule has 6 atom stereocenters. The van der Waals surface area contributed by atoms with Crippen molar-refractivity contribution in [1.82, 2.24) is 0 Å². The first-order valence-electron chi connectivity index (χ1n) is 4.54. The summed E-state index contributed by atoms with van der Waals surface area (Å²) >= 11 is 2.46. The number of hydrogen-bond donors (Lipinski definition) is 0. The molecule has 12 heavy (non-hydrogen) atoms. The Morgan fingerprint density at radius 1 is 1.50 bits per heavy atom. The fourth-order valence-electron chi connectivity index (χ4n) is 3.32. The molecule has 3 heteroatoms. The molecule has 0 aromatic rings. The molecule has 2 saturated carbocycles. The van der Waals surface area contributed by atoms with Crippen molar-refractivity contribution in [2.45, 2.75) is 23.4 Å². The van der Waals surface area contributed by atoms with Gasteiger partial charge in [0.15, 0.2) is 0 Å². The first-order valence-corrected chi connectivity index (χ1v) is 5.79. The monoisotopic (exact) mass is 278 g/mol. The van der Waals surface area contributed by atoms with Crippen LogP contribution in [0.2, 0.25) is 0 Å². The van der Waals surface area contributed by atoms with E-state index >= 15 is 0 Å². The van der Waals surface area contributed by atoms with E-state index in [0.717, 1.165) is 5.92 Å². The summed E-state index contributed by atoms with van der Waals surface area (Å²) in [5, 5.41) is 0. The molecule has 66 valence electrons. The average molecular weight is 278 g/mol. The van der Waals surface area contributed by atoms with Crippen LogP contribution in [0.1, 0.15) is 13.3 Å². The summed E-state index contributed by atoms with van der Waals surface area (Å²) in [6.45, 7) is 2.21. The minimum Gasteiger partial charge on any atom is -0.461 e. The van der Waals surface area contributed by atoms with Gasteiger partial charge in [-0.3, -0.25) is 4.79 Å². The van der Waals surface area contributed by atoms with Crippen LogP contribution in [0.15, 0.2) is 0 Å². The van der Waals surface area contributed by atoms with E-state index in [2.05, 4.69) is 29.5 Å². The van der Waals surface area contributed by atoms with Crippen LogP contribution in [0.5, 0.6) is 0 Å². The Morgan fingerprint density at radius 3 is 2.92 bits per heavy atom. The topological polar surface area (TPSA) is 26.3 Å². The van der Waals surface area contributed by atoms with Crippen molar-refractivity contribution in [3.05, 3.63) is 0 Å². The van der Waals surface area contributed by atoms with Gasteiger partial charge in [-0.15, -0.1) is 0 Å². The van der Waals surface area contributed by atoms with Crippen LogP contribution < -0.4 is 0 Å². The van der Waals surface area contributed by atoms with Gasteiger partial charge in [-0.1, -0.05) is 29.5 Å². The Balaban J connectivity index is 2.06. The summed E-state index contributed by atoms with van der Waals surface area (Å²) in [5.74, 6) is 2.23. The number of hydrogen-bond acceptors (Lipinski definition) is 2. The van der Waals surface area contributed by atoms with E-state index in [4.69, 9.17) is 4.74 Å².